The van der Waals surface area contributed by atoms with Crippen molar-refractivity contribution < 1.29 is 14.7 Å². The van der Waals surface area contributed by atoms with Crippen molar-refractivity contribution in [1.29, 1.82) is 0 Å². The molecule has 7 nitrogen and oxygen atoms in total. The van der Waals surface area contributed by atoms with Gasteiger partial charge in [0, 0.05) is 18.8 Å². The average molecular weight is 224 g/mol. The van der Waals surface area contributed by atoms with Gasteiger partial charge in [-0.05, 0) is 12.5 Å². The Balaban J connectivity index is 2.43. The highest BCUT2D eigenvalue weighted by molar-refractivity contribution is 5.93. The SMILES string of the molecule is NC(CCC(=O)O)C(=O)Nc1ncccn1. The molecule has 7 heteroatoms. The highest BCUT2D eigenvalue weighted by atomic mass is 16.4. The molecule has 16 heavy (non-hydrogen) atoms. The van der Waals surface area contributed by atoms with Gasteiger partial charge in [0.05, 0.1) is 6.04 Å². The molecule has 0 aromatic carbocycles. The Labute approximate surface area is 91.7 Å². The molecule has 1 heterocycles. The van der Waals surface area contributed by atoms with Crippen LogP contribution in [0.2, 0.25) is 0 Å². The Morgan fingerprint density at radius 2 is 2.06 bits per heavy atom. The Morgan fingerprint density at radius 1 is 1.44 bits per heavy atom. The van der Waals surface area contributed by atoms with Gasteiger partial charge in [-0.1, -0.05) is 0 Å². The summed E-state index contributed by atoms with van der Waals surface area (Å²) in [5.41, 5.74) is 5.48. The summed E-state index contributed by atoms with van der Waals surface area (Å²) in [5.74, 6) is -1.33. The molecule has 0 saturated carbocycles. The van der Waals surface area contributed by atoms with Gasteiger partial charge in [-0.3, -0.25) is 14.9 Å². The maximum Gasteiger partial charge on any atom is 0.303 e. The third-order valence-electron chi connectivity index (χ3n) is 1.81. The first-order valence-corrected chi connectivity index (χ1v) is 4.65. The van der Waals surface area contributed by atoms with Crippen molar-refractivity contribution in [3.8, 4) is 0 Å². The number of nitrogens with zero attached hydrogens (tertiary/aromatic N) is 2. The van der Waals surface area contributed by atoms with E-state index in [1.165, 1.54) is 12.4 Å². The van der Waals surface area contributed by atoms with Gasteiger partial charge < -0.3 is 10.8 Å². The number of nitrogens with one attached hydrogen (secondary N) is 1. The fraction of sp³-hybridized carbons (Fsp3) is 0.333. The van der Waals surface area contributed by atoms with E-state index in [0.29, 0.717) is 0 Å². The first-order chi connectivity index (χ1) is 7.59. The van der Waals surface area contributed by atoms with E-state index in [1.54, 1.807) is 6.07 Å². The summed E-state index contributed by atoms with van der Waals surface area (Å²) < 4.78 is 0. The van der Waals surface area contributed by atoms with Crippen molar-refractivity contribution in [2.75, 3.05) is 5.32 Å². The number of aromatic nitrogens is 2. The van der Waals surface area contributed by atoms with Crippen molar-refractivity contribution in [2.45, 2.75) is 18.9 Å². The molecule has 0 bridgehead atoms. The van der Waals surface area contributed by atoms with Crippen LogP contribution in [-0.4, -0.2) is 33.0 Å². The lowest BCUT2D eigenvalue weighted by Gasteiger charge is -2.09. The number of carboxylic acid groups (broad SMARTS) is 1. The number of hydrogen-bond donors (Lipinski definition) is 3. The summed E-state index contributed by atoms with van der Waals surface area (Å²) >= 11 is 0. The quantitative estimate of drug-likeness (QED) is 0.626. The van der Waals surface area contributed by atoms with Crippen LogP contribution in [0.5, 0.6) is 0 Å². The smallest absolute Gasteiger partial charge is 0.303 e. The lowest BCUT2D eigenvalue weighted by Crippen LogP contribution is -2.36. The number of carboxylic acids is 1. The van der Waals surface area contributed by atoms with E-state index in [2.05, 4.69) is 15.3 Å². The molecule has 1 amide bonds. The number of amides is 1. The molecule has 4 N–H and O–H groups in total. The van der Waals surface area contributed by atoms with Gasteiger partial charge in [-0.2, -0.15) is 0 Å². The van der Waals surface area contributed by atoms with Gasteiger partial charge in [0.15, 0.2) is 0 Å². The molecular weight excluding hydrogens is 212 g/mol. The highest BCUT2D eigenvalue weighted by Crippen LogP contribution is 1.99. The Kier molecular flexibility index (Phi) is 4.34. The normalized spacial score (nSPS) is 11.8. The van der Waals surface area contributed by atoms with E-state index in [4.69, 9.17) is 10.8 Å². The minimum Gasteiger partial charge on any atom is -0.481 e. The van der Waals surface area contributed by atoms with Crippen molar-refractivity contribution in [3.05, 3.63) is 18.5 Å². The predicted molar refractivity (Wildman–Crippen MR) is 55.5 cm³/mol. The first kappa shape index (κ1) is 12.1. The summed E-state index contributed by atoms with van der Waals surface area (Å²) in [6.45, 7) is 0. The van der Waals surface area contributed by atoms with Crippen LogP contribution < -0.4 is 11.1 Å². The van der Waals surface area contributed by atoms with E-state index < -0.39 is 17.9 Å². The van der Waals surface area contributed by atoms with Crippen molar-refractivity contribution in [1.82, 2.24) is 9.97 Å². The lowest BCUT2D eigenvalue weighted by atomic mass is 10.1. The second-order valence-corrected chi connectivity index (χ2v) is 3.10. The third-order valence-corrected chi connectivity index (χ3v) is 1.81. The minimum absolute atomic E-state index is 0.0774. The van der Waals surface area contributed by atoms with Crippen LogP contribution in [0.1, 0.15) is 12.8 Å². The average Bonchev–Trinajstić information content (AvgIpc) is 2.27. The fourth-order valence-electron chi connectivity index (χ4n) is 0.977. The van der Waals surface area contributed by atoms with Crippen LogP contribution in [0.3, 0.4) is 0 Å². The van der Waals surface area contributed by atoms with Crippen LogP contribution >= 0.6 is 0 Å². The van der Waals surface area contributed by atoms with Gasteiger partial charge in [0.1, 0.15) is 0 Å². The van der Waals surface area contributed by atoms with Crippen LogP contribution in [0.15, 0.2) is 18.5 Å². The second kappa shape index (κ2) is 5.76. The van der Waals surface area contributed by atoms with Crippen LogP contribution in [-0.2, 0) is 9.59 Å². The zero-order valence-electron chi connectivity index (χ0n) is 8.46. The maximum absolute atomic E-state index is 11.4. The Bertz CT molecular complexity index is 368. The molecule has 1 atom stereocenters. The molecular formula is C9H12N4O3. The summed E-state index contributed by atoms with van der Waals surface area (Å²) in [6.07, 6.45) is 2.88. The molecule has 1 rings (SSSR count). The van der Waals surface area contributed by atoms with Gasteiger partial charge in [0.2, 0.25) is 11.9 Å². The monoisotopic (exact) mass is 224 g/mol. The molecule has 0 fully saturated rings. The molecule has 1 aromatic rings. The van der Waals surface area contributed by atoms with Gasteiger partial charge in [0.25, 0.3) is 0 Å². The number of nitrogens with two attached hydrogens (primary N) is 1. The van der Waals surface area contributed by atoms with Gasteiger partial charge in [-0.15, -0.1) is 0 Å². The molecule has 0 saturated heterocycles. The third kappa shape index (κ3) is 4.01. The molecule has 86 valence electrons. The minimum atomic E-state index is -0.987. The van der Waals surface area contributed by atoms with E-state index in [1.807, 2.05) is 0 Å². The molecule has 0 aliphatic heterocycles. The summed E-state index contributed by atoms with van der Waals surface area (Å²) in [5, 5.41) is 10.8. The maximum atomic E-state index is 11.4. The molecule has 1 aromatic heterocycles. The van der Waals surface area contributed by atoms with Crippen LogP contribution in [0.25, 0.3) is 0 Å². The van der Waals surface area contributed by atoms with Crippen molar-refractivity contribution >= 4 is 17.8 Å². The van der Waals surface area contributed by atoms with E-state index in [-0.39, 0.29) is 18.8 Å². The first-order valence-electron chi connectivity index (χ1n) is 4.65. The summed E-state index contributed by atoms with van der Waals surface area (Å²) in [6, 6.07) is 0.736. The van der Waals surface area contributed by atoms with Crippen molar-refractivity contribution in [3.63, 3.8) is 0 Å². The van der Waals surface area contributed by atoms with Crippen LogP contribution in [0.4, 0.5) is 5.95 Å². The van der Waals surface area contributed by atoms with E-state index >= 15 is 0 Å². The fourth-order valence-corrected chi connectivity index (χ4v) is 0.977. The summed E-state index contributed by atoms with van der Waals surface area (Å²) in [4.78, 5) is 29.3. The predicted octanol–water partition coefficient (Wildman–Crippen LogP) is -0.393. The molecule has 0 aliphatic carbocycles. The number of carbonyl (C=O) groups is 2. The second-order valence-electron chi connectivity index (χ2n) is 3.10. The number of rotatable bonds is 5. The lowest BCUT2D eigenvalue weighted by molar-refractivity contribution is -0.137. The molecule has 1 unspecified atom stereocenters. The number of carbonyl (C=O) groups excluding carboxylic acids is 1. The molecule has 0 radical (unpaired) electrons. The zero-order valence-corrected chi connectivity index (χ0v) is 8.46. The van der Waals surface area contributed by atoms with Crippen molar-refractivity contribution in [2.24, 2.45) is 5.73 Å². The largest absolute Gasteiger partial charge is 0.481 e. The number of hydrogen-bond acceptors (Lipinski definition) is 5. The van der Waals surface area contributed by atoms with Gasteiger partial charge in [-0.25, -0.2) is 9.97 Å². The molecule has 0 aliphatic rings. The molecule has 0 spiro atoms. The number of aliphatic carboxylic acids is 1. The van der Waals surface area contributed by atoms with Gasteiger partial charge >= 0.3 is 5.97 Å². The highest BCUT2D eigenvalue weighted by Gasteiger charge is 2.15. The Hall–Kier alpha value is -2.02. The summed E-state index contributed by atoms with van der Waals surface area (Å²) in [7, 11) is 0. The van der Waals surface area contributed by atoms with E-state index in [9.17, 15) is 9.59 Å². The van der Waals surface area contributed by atoms with E-state index in [0.717, 1.165) is 0 Å². The zero-order chi connectivity index (χ0) is 12.0. The van der Waals surface area contributed by atoms with Crippen LogP contribution in [0, 0.1) is 0 Å². The topological polar surface area (TPSA) is 118 Å². The number of anilines is 1. The Morgan fingerprint density at radius 3 is 2.62 bits per heavy atom. The standard InChI is InChI=1S/C9H12N4O3/c10-6(2-3-7(14)15)8(16)13-9-11-4-1-5-12-9/h1,4-6H,2-3,10H2,(H,14,15)(H,11,12,13,16).